The number of nitrogens with one attached hydrogen (secondary N) is 3. The highest BCUT2D eigenvalue weighted by atomic mass is 35.5. The van der Waals surface area contributed by atoms with Crippen LogP contribution >= 0.6 is 11.6 Å². The first kappa shape index (κ1) is 21.8. The van der Waals surface area contributed by atoms with Crippen LogP contribution in [-0.2, 0) is 6.54 Å². The van der Waals surface area contributed by atoms with Gasteiger partial charge in [0.1, 0.15) is 6.33 Å². The highest BCUT2D eigenvalue weighted by Gasteiger charge is 2.18. The Morgan fingerprint density at radius 1 is 1.26 bits per heavy atom. The van der Waals surface area contributed by atoms with Crippen molar-refractivity contribution in [3.8, 4) is 17.1 Å². The lowest BCUT2D eigenvalue weighted by molar-refractivity contribution is 0.0958. The Morgan fingerprint density at radius 3 is 2.77 bits per heavy atom. The number of carboxylic acid groups (broad SMARTS) is 1. The average Bonchev–Trinajstić information content (AvgIpc) is 3.21. The van der Waals surface area contributed by atoms with E-state index in [2.05, 4.69) is 36.2 Å². The number of para-hydroxylation sites is 1. The van der Waals surface area contributed by atoms with Crippen LogP contribution in [0.3, 0.4) is 0 Å². The number of anilines is 2. The molecule has 0 saturated heterocycles. The minimum absolute atomic E-state index is 0.0627. The molecule has 0 atom stereocenters. The monoisotopic (exact) mass is 446 g/mol. The van der Waals surface area contributed by atoms with Gasteiger partial charge in [0.2, 0.25) is 0 Å². The Bertz CT molecular complexity index is 1100. The summed E-state index contributed by atoms with van der Waals surface area (Å²) in [6, 6.07) is 6.77. The lowest BCUT2D eigenvalue weighted by Gasteiger charge is -2.15. The van der Waals surface area contributed by atoms with Crippen molar-refractivity contribution < 1.29 is 19.4 Å². The first-order valence-corrected chi connectivity index (χ1v) is 9.36. The zero-order valence-corrected chi connectivity index (χ0v) is 17.3. The van der Waals surface area contributed by atoms with E-state index in [4.69, 9.17) is 21.4 Å². The molecule has 0 spiro atoms. The van der Waals surface area contributed by atoms with Gasteiger partial charge in [-0.05, 0) is 12.1 Å². The number of nitrogens with zero attached hydrogens (tertiary/aromatic N) is 5. The van der Waals surface area contributed by atoms with E-state index < -0.39 is 12.0 Å². The first-order chi connectivity index (χ1) is 14.9. The summed E-state index contributed by atoms with van der Waals surface area (Å²) in [5.41, 5.74) is 1.52. The number of carbonyl (C=O) groups is 2. The summed E-state index contributed by atoms with van der Waals surface area (Å²) < 4.78 is 7.09. The van der Waals surface area contributed by atoms with Crippen LogP contribution in [0.2, 0.25) is 5.15 Å². The molecule has 0 aliphatic rings. The number of aromatic nitrogens is 5. The zero-order valence-electron chi connectivity index (χ0n) is 16.6. The Morgan fingerprint density at radius 2 is 2.06 bits per heavy atom. The zero-order chi connectivity index (χ0) is 22.4. The van der Waals surface area contributed by atoms with Crippen molar-refractivity contribution in [3.05, 3.63) is 41.4 Å². The van der Waals surface area contributed by atoms with Crippen LogP contribution in [0.1, 0.15) is 10.5 Å². The molecule has 2 aromatic heterocycles. The Kier molecular flexibility index (Phi) is 6.82. The van der Waals surface area contributed by atoms with Crippen LogP contribution in [0, 0.1) is 0 Å². The number of rotatable bonds is 8. The van der Waals surface area contributed by atoms with E-state index >= 15 is 0 Å². The van der Waals surface area contributed by atoms with Gasteiger partial charge in [-0.15, -0.1) is 10.2 Å². The molecule has 13 heteroatoms. The smallest absolute Gasteiger partial charge is 0.404 e. The highest BCUT2D eigenvalue weighted by molar-refractivity contribution is 6.29. The molecule has 2 amide bonds. The molecule has 3 aromatic rings. The van der Waals surface area contributed by atoms with Gasteiger partial charge in [0.05, 0.1) is 30.6 Å². The lowest BCUT2D eigenvalue weighted by atomic mass is 10.1. The molecule has 12 nitrogen and oxygen atoms in total. The summed E-state index contributed by atoms with van der Waals surface area (Å²) >= 11 is 5.95. The number of carbonyl (C=O) groups excluding carboxylic acids is 1. The molecule has 162 valence electrons. The quantitative estimate of drug-likeness (QED) is 0.404. The molecule has 0 bridgehead atoms. The van der Waals surface area contributed by atoms with Gasteiger partial charge in [0.25, 0.3) is 5.91 Å². The van der Waals surface area contributed by atoms with Crippen LogP contribution in [0.15, 0.2) is 30.6 Å². The van der Waals surface area contributed by atoms with Gasteiger partial charge < -0.3 is 25.8 Å². The maximum atomic E-state index is 12.1. The molecule has 0 radical (unpaired) electrons. The van der Waals surface area contributed by atoms with Crippen LogP contribution in [0.4, 0.5) is 16.2 Å². The van der Waals surface area contributed by atoms with E-state index in [1.165, 1.54) is 31.2 Å². The molecule has 31 heavy (non-hydrogen) atoms. The molecule has 2 heterocycles. The topological polar surface area (TPSA) is 156 Å². The van der Waals surface area contributed by atoms with Crippen LogP contribution in [0.25, 0.3) is 11.4 Å². The molecule has 3 rings (SSSR count). The number of methoxy groups -OCH3 is 1. The molecule has 0 aliphatic carbocycles. The molecule has 0 saturated carbocycles. The van der Waals surface area contributed by atoms with E-state index in [0.29, 0.717) is 35.1 Å². The average molecular weight is 447 g/mol. The van der Waals surface area contributed by atoms with Crippen molar-refractivity contribution >= 4 is 35.0 Å². The fraction of sp³-hybridized carbons (Fsp3) is 0.222. The Labute approximate surface area is 181 Å². The van der Waals surface area contributed by atoms with Gasteiger partial charge in [-0.1, -0.05) is 17.7 Å². The molecular weight excluding hydrogens is 428 g/mol. The van der Waals surface area contributed by atoms with Gasteiger partial charge >= 0.3 is 6.09 Å². The number of benzene rings is 1. The standard InChI is InChI=1S/C18H19ClN8O4/c1-20-17(28)14-12(8-13(19)24-25-14)23-11-5-3-4-10(15(11)31-2)16-22-9-27(26-16)7-6-21-18(29)30/h3-5,8-9,21H,6-7H2,1-2H3,(H,20,28)(H,23,24)(H,29,30). The number of amides is 2. The summed E-state index contributed by atoms with van der Waals surface area (Å²) in [5.74, 6) is 0.380. The van der Waals surface area contributed by atoms with Crippen molar-refractivity contribution in [3.63, 3.8) is 0 Å². The van der Waals surface area contributed by atoms with Gasteiger partial charge in [0.15, 0.2) is 22.4 Å². The van der Waals surface area contributed by atoms with Crippen LogP contribution < -0.4 is 20.7 Å². The van der Waals surface area contributed by atoms with Gasteiger partial charge in [0, 0.05) is 19.7 Å². The highest BCUT2D eigenvalue weighted by Crippen LogP contribution is 2.37. The summed E-state index contributed by atoms with van der Waals surface area (Å²) in [6.45, 7) is 0.505. The summed E-state index contributed by atoms with van der Waals surface area (Å²) in [4.78, 5) is 27.0. The van der Waals surface area contributed by atoms with E-state index in [1.807, 2.05) is 0 Å². The molecule has 0 unspecified atom stereocenters. The van der Waals surface area contributed by atoms with Gasteiger partial charge in [-0.3, -0.25) is 9.48 Å². The third-order valence-corrected chi connectivity index (χ3v) is 4.27. The number of hydrogen-bond donors (Lipinski definition) is 4. The van der Waals surface area contributed by atoms with E-state index in [0.717, 1.165) is 0 Å². The summed E-state index contributed by atoms with van der Waals surface area (Å²) in [7, 11) is 2.98. The van der Waals surface area contributed by atoms with Gasteiger partial charge in [-0.25, -0.2) is 9.78 Å². The predicted molar refractivity (Wildman–Crippen MR) is 112 cm³/mol. The van der Waals surface area contributed by atoms with Crippen molar-refractivity contribution in [2.45, 2.75) is 6.54 Å². The Balaban J connectivity index is 1.91. The predicted octanol–water partition coefficient (Wildman–Crippen LogP) is 1.77. The summed E-state index contributed by atoms with van der Waals surface area (Å²) in [5, 5.41) is 28.6. The molecule has 4 N–H and O–H groups in total. The molecule has 0 fully saturated rings. The van der Waals surface area contributed by atoms with E-state index in [9.17, 15) is 9.59 Å². The fourth-order valence-electron chi connectivity index (χ4n) is 2.73. The fourth-order valence-corrected chi connectivity index (χ4v) is 2.88. The minimum Gasteiger partial charge on any atom is -0.494 e. The number of halogens is 1. The molecule has 1 aromatic carbocycles. The first-order valence-electron chi connectivity index (χ1n) is 8.99. The second kappa shape index (κ2) is 9.71. The normalized spacial score (nSPS) is 10.4. The van der Waals surface area contributed by atoms with Crippen molar-refractivity contribution in [2.24, 2.45) is 0 Å². The summed E-state index contributed by atoms with van der Waals surface area (Å²) in [6.07, 6.45) is 0.386. The number of ether oxygens (including phenoxy) is 1. The van der Waals surface area contributed by atoms with Crippen molar-refractivity contribution in [1.29, 1.82) is 0 Å². The largest absolute Gasteiger partial charge is 0.494 e. The minimum atomic E-state index is -1.11. The maximum Gasteiger partial charge on any atom is 0.404 e. The Hall–Kier alpha value is -3.93. The third kappa shape index (κ3) is 5.17. The molecular formula is C18H19ClN8O4. The van der Waals surface area contributed by atoms with E-state index in [-0.39, 0.29) is 17.4 Å². The van der Waals surface area contributed by atoms with E-state index in [1.54, 1.807) is 18.2 Å². The van der Waals surface area contributed by atoms with Crippen LogP contribution in [-0.4, -0.2) is 62.8 Å². The number of hydrogen-bond acceptors (Lipinski definition) is 8. The van der Waals surface area contributed by atoms with Gasteiger partial charge in [-0.2, -0.15) is 5.10 Å². The second-order valence-electron chi connectivity index (χ2n) is 6.08. The molecule has 0 aliphatic heterocycles. The third-order valence-electron chi connectivity index (χ3n) is 4.09. The van der Waals surface area contributed by atoms with Crippen LogP contribution in [0.5, 0.6) is 5.75 Å². The maximum absolute atomic E-state index is 12.1. The van der Waals surface area contributed by atoms with Crippen molar-refractivity contribution in [2.75, 3.05) is 26.0 Å². The lowest BCUT2D eigenvalue weighted by Crippen LogP contribution is -2.25. The second-order valence-corrected chi connectivity index (χ2v) is 6.47. The SMILES string of the molecule is CNC(=O)c1nnc(Cl)cc1Nc1cccc(-c2ncn(CCNC(=O)O)n2)c1OC. The van der Waals surface area contributed by atoms with Crippen molar-refractivity contribution in [1.82, 2.24) is 35.6 Å².